The summed E-state index contributed by atoms with van der Waals surface area (Å²) in [6.45, 7) is 0. The van der Waals surface area contributed by atoms with Crippen LogP contribution in [0.2, 0.25) is 0 Å². The summed E-state index contributed by atoms with van der Waals surface area (Å²) in [4.78, 5) is 16.2. The summed E-state index contributed by atoms with van der Waals surface area (Å²) < 4.78 is 0. The second-order valence-electron chi connectivity index (χ2n) is 3.57. The van der Waals surface area contributed by atoms with Gasteiger partial charge in [0.15, 0.2) is 0 Å². The van der Waals surface area contributed by atoms with E-state index in [1.807, 2.05) is 0 Å². The minimum atomic E-state index is 0. The van der Waals surface area contributed by atoms with Crippen LogP contribution in [0.4, 0.5) is 0 Å². The third-order valence-corrected chi connectivity index (χ3v) is 2.71. The maximum absolute atomic E-state index is 8.12. The fourth-order valence-corrected chi connectivity index (χ4v) is 2.08. The van der Waals surface area contributed by atoms with E-state index in [0.29, 0.717) is 0 Å². The van der Waals surface area contributed by atoms with E-state index < -0.39 is 0 Å². The molecule has 3 rings (SSSR count). The Morgan fingerprint density at radius 1 is 0.765 bits per heavy atom. The number of fused-ring (bicyclic) bond motifs is 3. The first-order valence-electron chi connectivity index (χ1n) is 5.02. The average Bonchev–Trinajstić information content (AvgIpc) is 2.68. The smallest absolute Gasteiger partial charge is 0.186 e. The van der Waals surface area contributed by atoms with Crippen molar-refractivity contribution in [1.29, 1.82) is 0 Å². The second kappa shape index (κ2) is 5.78. The normalized spacial score (nSPS) is 9.88. The first-order valence-corrected chi connectivity index (χ1v) is 5.02. The zero-order chi connectivity index (χ0) is 11.4. The third kappa shape index (κ3) is 2.49. The van der Waals surface area contributed by atoms with Crippen molar-refractivity contribution >= 4 is 6.15 Å². The molecule has 0 radical (unpaired) electrons. The molecule has 0 unspecified atom stereocenters. The van der Waals surface area contributed by atoms with Crippen LogP contribution in [0.15, 0.2) is 48.5 Å². The molecule has 2 aromatic carbocycles. The van der Waals surface area contributed by atoms with E-state index in [4.69, 9.17) is 9.59 Å². The molecule has 0 N–H and O–H groups in total. The zero-order valence-corrected chi connectivity index (χ0v) is 8.64. The molecule has 0 amide bonds. The van der Waals surface area contributed by atoms with Gasteiger partial charge >= 0.3 is 6.15 Å². The van der Waals surface area contributed by atoms with E-state index in [2.05, 4.69) is 48.5 Å². The molecule has 0 bridgehead atoms. The Labute approximate surface area is 101 Å². The van der Waals surface area contributed by atoms with Gasteiger partial charge in [0.1, 0.15) is 0 Å². The van der Waals surface area contributed by atoms with E-state index in [9.17, 15) is 0 Å². The van der Waals surface area contributed by atoms with Crippen LogP contribution in [-0.2, 0) is 16.0 Å². The lowest BCUT2D eigenvalue weighted by Crippen LogP contribution is -1.77. The van der Waals surface area contributed by atoms with Crippen molar-refractivity contribution in [2.24, 2.45) is 0 Å². The topological polar surface area (TPSA) is 34.1 Å². The lowest BCUT2D eigenvalue weighted by atomic mass is 10.1. The number of hydrogen-bond donors (Lipinski definition) is 0. The lowest BCUT2D eigenvalue weighted by Gasteiger charge is -1.98. The maximum Gasteiger partial charge on any atom is 0.373 e. The van der Waals surface area contributed by atoms with Crippen LogP contribution < -0.4 is 0 Å². The van der Waals surface area contributed by atoms with E-state index in [0.717, 1.165) is 6.42 Å². The molecule has 0 saturated heterocycles. The number of rotatable bonds is 0. The SMILES string of the molecule is C.O=C=O.c1ccc2c(c1)Cc1ccccc1-2. The number of carbonyl (C=O) groups excluding carboxylic acids is 2. The highest BCUT2D eigenvalue weighted by atomic mass is 16.2. The van der Waals surface area contributed by atoms with Gasteiger partial charge < -0.3 is 0 Å². The zero-order valence-electron chi connectivity index (χ0n) is 8.64. The van der Waals surface area contributed by atoms with E-state index in [-0.39, 0.29) is 13.6 Å². The highest BCUT2D eigenvalue weighted by molar-refractivity contribution is 5.76. The van der Waals surface area contributed by atoms with Crippen LogP contribution in [0.1, 0.15) is 18.6 Å². The number of benzene rings is 2. The van der Waals surface area contributed by atoms with Gasteiger partial charge in [0, 0.05) is 0 Å². The summed E-state index contributed by atoms with van der Waals surface area (Å²) in [6.07, 6.45) is 1.35. The van der Waals surface area contributed by atoms with Crippen molar-refractivity contribution in [3.05, 3.63) is 59.7 Å². The molecule has 1 aliphatic rings. The molecule has 0 atom stereocenters. The van der Waals surface area contributed by atoms with Crippen LogP contribution in [0.5, 0.6) is 0 Å². The van der Waals surface area contributed by atoms with Gasteiger partial charge in [-0.15, -0.1) is 0 Å². The van der Waals surface area contributed by atoms with Crippen LogP contribution in [0.25, 0.3) is 11.1 Å². The summed E-state index contributed by atoms with van der Waals surface area (Å²) in [5, 5.41) is 0. The molecular weight excluding hydrogens is 212 g/mol. The fourth-order valence-electron chi connectivity index (χ4n) is 2.08. The maximum atomic E-state index is 8.12. The van der Waals surface area contributed by atoms with Crippen molar-refractivity contribution < 1.29 is 9.59 Å². The molecular formula is C15H14O2. The summed E-state index contributed by atoms with van der Waals surface area (Å²) in [5.74, 6) is 0. The van der Waals surface area contributed by atoms with Gasteiger partial charge in [0.05, 0.1) is 0 Å². The van der Waals surface area contributed by atoms with Crippen LogP contribution >= 0.6 is 0 Å². The molecule has 2 nitrogen and oxygen atoms in total. The van der Waals surface area contributed by atoms with Gasteiger partial charge in [-0.3, -0.25) is 0 Å². The lowest BCUT2D eigenvalue weighted by molar-refractivity contribution is -0.191. The van der Waals surface area contributed by atoms with Gasteiger partial charge in [-0.2, -0.15) is 9.59 Å². The van der Waals surface area contributed by atoms with Gasteiger partial charge in [-0.25, -0.2) is 0 Å². The minimum Gasteiger partial charge on any atom is -0.186 e. The van der Waals surface area contributed by atoms with Crippen LogP contribution in [0, 0.1) is 0 Å². The predicted octanol–water partition coefficient (Wildman–Crippen LogP) is 3.31. The van der Waals surface area contributed by atoms with E-state index in [1.165, 1.54) is 22.3 Å². The summed E-state index contributed by atoms with van der Waals surface area (Å²) in [5.41, 5.74) is 5.75. The second-order valence-corrected chi connectivity index (χ2v) is 3.57. The fraction of sp³-hybridized carbons (Fsp3) is 0.133. The van der Waals surface area contributed by atoms with Crippen molar-refractivity contribution in [1.82, 2.24) is 0 Å². The molecule has 0 fully saturated rings. The molecule has 0 spiro atoms. The van der Waals surface area contributed by atoms with Gasteiger partial charge in [0.2, 0.25) is 0 Å². The van der Waals surface area contributed by atoms with Gasteiger partial charge in [-0.1, -0.05) is 56.0 Å². The molecule has 1 aliphatic carbocycles. The molecule has 0 heterocycles. The van der Waals surface area contributed by atoms with Crippen molar-refractivity contribution in [3.63, 3.8) is 0 Å². The Morgan fingerprint density at radius 3 is 1.53 bits per heavy atom. The quantitative estimate of drug-likeness (QED) is 0.589. The summed E-state index contributed by atoms with van der Waals surface area (Å²) in [7, 11) is 0. The Bertz CT molecular complexity index is 495. The van der Waals surface area contributed by atoms with Crippen molar-refractivity contribution in [3.8, 4) is 11.1 Å². The summed E-state index contributed by atoms with van der Waals surface area (Å²) >= 11 is 0. The molecule has 17 heavy (non-hydrogen) atoms. The molecule has 0 aromatic heterocycles. The van der Waals surface area contributed by atoms with Crippen molar-refractivity contribution in [2.45, 2.75) is 13.8 Å². The molecule has 2 aromatic rings. The van der Waals surface area contributed by atoms with E-state index >= 15 is 0 Å². The Hall–Kier alpha value is -2.18. The standard InChI is InChI=1S/C13H10.CO2.CH4/c1-3-7-12-10(5-1)9-11-6-2-4-8-13(11)12;2-1-3;/h1-8H,9H2;;1H4. The average molecular weight is 226 g/mol. The molecule has 0 saturated carbocycles. The molecule has 0 aliphatic heterocycles. The summed E-state index contributed by atoms with van der Waals surface area (Å²) in [6, 6.07) is 17.3. The largest absolute Gasteiger partial charge is 0.373 e. The number of hydrogen-bond acceptors (Lipinski definition) is 2. The first-order chi connectivity index (χ1) is 7.86. The Balaban J connectivity index is 0.000000331. The Morgan fingerprint density at radius 2 is 1.12 bits per heavy atom. The highest BCUT2D eigenvalue weighted by Gasteiger charge is 2.15. The Kier molecular flexibility index (Phi) is 4.38. The van der Waals surface area contributed by atoms with Crippen molar-refractivity contribution in [2.75, 3.05) is 0 Å². The van der Waals surface area contributed by atoms with Crippen LogP contribution in [0.3, 0.4) is 0 Å². The third-order valence-electron chi connectivity index (χ3n) is 2.71. The van der Waals surface area contributed by atoms with Gasteiger partial charge in [-0.05, 0) is 28.7 Å². The molecule has 86 valence electrons. The molecule has 2 heteroatoms. The highest BCUT2D eigenvalue weighted by Crippen LogP contribution is 2.35. The minimum absolute atomic E-state index is 0. The predicted molar refractivity (Wildman–Crippen MR) is 66.4 cm³/mol. The monoisotopic (exact) mass is 226 g/mol. The van der Waals surface area contributed by atoms with Crippen LogP contribution in [-0.4, -0.2) is 6.15 Å². The van der Waals surface area contributed by atoms with Gasteiger partial charge in [0.25, 0.3) is 0 Å². The van der Waals surface area contributed by atoms with E-state index in [1.54, 1.807) is 0 Å². The first kappa shape index (κ1) is 12.9.